The first-order chi connectivity index (χ1) is 12.3. The molecule has 0 aliphatic carbocycles. The van der Waals surface area contributed by atoms with E-state index in [0.29, 0.717) is 17.0 Å². The molecule has 7 heteroatoms. The lowest BCUT2D eigenvalue weighted by Crippen LogP contribution is -2.27. The van der Waals surface area contributed by atoms with Crippen molar-refractivity contribution in [2.45, 2.75) is 33.4 Å². The second kappa shape index (κ2) is 7.13. The third-order valence-electron chi connectivity index (χ3n) is 4.15. The smallest absolute Gasteiger partial charge is 0.274 e. The number of rotatable bonds is 6. The Balaban J connectivity index is 1.72. The van der Waals surface area contributed by atoms with Gasteiger partial charge in [-0.1, -0.05) is 0 Å². The number of fused-ring (bicyclic) bond motifs is 1. The number of hydrogen-bond acceptors (Lipinski definition) is 5. The third kappa shape index (κ3) is 3.67. The predicted molar refractivity (Wildman–Crippen MR) is 96.9 cm³/mol. The van der Waals surface area contributed by atoms with Crippen LogP contribution in [0.25, 0.3) is 5.65 Å². The molecule has 1 atom stereocenters. The molecule has 0 radical (unpaired) electrons. The van der Waals surface area contributed by atoms with Crippen molar-refractivity contribution in [3.63, 3.8) is 0 Å². The van der Waals surface area contributed by atoms with Crippen molar-refractivity contribution in [2.24, 2.45) is 0 Å². The van der Waals surface area contributed by atoms with Crippen LogP contribution in [0, 0.1) is 13.8 Å². The average Bonchev–Trinajstić information content (AvgIpc) is 2.99. The molecule has 136 valence electrons. The summed E-state index contributed by atoms with van der Waals surface area (Å²) in [6.07, 6.45) is -0.775. The topological polar surface area (TPSA) is 85.8 Å². The van der Waals surface area contributed by atoms with Crippen LogP contribution < -0.4 is 10.3 Å². The van der Waals surface area contributed by atoms with Gasteiger partial charge < -0.3 is 14.4 Å². The fraction of sp³-hybridized carbons (Fsp3) is 0.316. The Bertz CT molecular complexity index is 1000. The molecule has 0 saturated heterocycles. The molecule has 0 aliphatic heterocycles. The minimum absolute atomic E-state index is 0.00889. The molecule has 2 heterocycles. The Morgan fingerprint density at radius 3 is 2.58 bits per heavy atom. The molecule has 0 bridgehead atoms. The highest BCUT2D eigenvalue weighted by Crippen LogP contribution is 2.14. The number of aliphatic hydroxyl groups excluding tert-OH is 1. The first-order valence-electron chi connectivity index (χ1n) is 8.34. The number of Topliss-reactive ketones (excluding diaryl/α,β-unsaturated/α-hetero) is 1. The van der Waals surface area contributed by atoms with Gasteiger partial charge >= 0.3 is 0 Å². The first-order valence-corrected chi connectivity index (χ1v) is 8.34. The van der Waals surface area contributed by atoms with E-state index in [1.165, 1.54) is 17.5 Å². The van der Waals surface area contributed by atoms with Crippen LogP contribution in [0.15, 0.2) is 41.2 Å². The van der Waals surface area contributed by atoms with E-state index >= 15 is 0 Å². The number of carbonyl (C=O) groups is 1. The Labute approximate surface area is 150 Å². The number of ketones is 1. The third-order valence-corrected chi connectivity index (χ3v) is 4.15. The van der Waals surface area contributed by atoms with Crippen molar-refractivity contribution in [3.05, 3.63) is 63.7 Å². The summed E-state index contributed by atoms with van der Waals surface area (Å²) in [6.45, 7) is 5.50. The van der Waals surface area contributed by atoms with E-state index in [1.807, 2.05) is 24.5 Å². The lowest BCUT2D eigenvalue weighted by molar-refractivity contribution is 0.0925. The highest BCUT2D eigenvalue weighted by Gasteiger charge is 2.13. The molecular weight excluding hydrogens is 334 g/mol. The Kier molecular flexibility index (Phi) is 4.90. The molecule has 0 fully saturated rings. The number of aliphatic hydroxyl groups is 1. The van der Waals surface area contributed by atoms with E-state index < -0.39 is 6.10 Å². The van der Waals surface area contributed by atoms with Crippen molar-refractivity contribution >= 4 is 11.4 Å². The minimum Gasteiger partial charge on any atom is -0.491 e. The zero-order valence-electron chi connectivity index (χ0n) is 15.0. The lowest BCUT2D eigenvalue weighted by atomic mass is 10.1. The standard InChI is InChI=1S/C19H21N3O4/c1-12-8-18-21(13(2)9-19(25)22(18)20-12)10-16(24)11-26-17-6-4-15(5-7-17)14(3)23/h4-9,16,24H,10-11H2,1-3H3/t16-/m1/s1. The number of aryl methyl sites for hydroxylation is 2. The molecular formula is C19H21N3O4. The van der Waals surface area contributed by atoms with Gasteiger partial charge in [0.2, 0.25) is 0 Å². The fourth-order valence-corrected chi connectivity index (χ4v) is 2.82. The number of nitrogens with zero attached hydrogens (tertiary/aromatic N) is 3. The van der Waals surface area contributed by atoms with Gasteiger partial charge in [-0.25, -0.2) is 0 Å². The molecule has 0 amide bonds. The van der Waals surface area contributed by atoms with E-state index in [4.69, 9.17) is 4.74 Å². The largest absolute Gasteiger partial charge is 0.491 e. The van der Waals surface area contributed by atoms with E-state index in [2.05, 4.69) is 5.10 Å². The summed E-state index contributed by atoms with van der Waals surface area (Å²) in [5, 5.41) is 14.5. The molecule has 3 aromatic rings. The Morgan fingerprint density at radius 1 is 1.23 bits per heavy atom. The maximum absolute atomic E-state index is 12.0. The van der Waals surface area contributed by atoms with Gasteiger partial charge in [0, 0.05) is 23.4 Å². The summed E-state index contributed by atoms with van der Waals surface area (Å²) in [4.78, 5) is 23.3. The first kappa shape index (κ1) is 17.9. The number of benzene rings is 1. The fourth-order valence-electron chi connectivity index (χ4n) is 2.82. The van der Waals surface area contributed by atoms with Crippen molar-refractivity contribution < 1.29 is 14.6 Å². The minimum atomic E-state index is -0.775. The zero-order valence-corrected chi connectivity index (χ0v) is 15.0. The zero-order chi connectivity index (χ0) is 18.8. The van der Waals surface area contributed by atoms with Crippen molar-refractivity contribution in [2.75, 3.05) is 6.61 Å². The molecule has 26 heavy (non-hydrogen) atoms. The highest BCUT2D eigenvalue weighted by atomic mass is 16.5. The van der Waals surface area contributed by atoms with Gasteiger partial charge in [-0.3, -0.25) is 9.59 Å². The van der Waals surface area contributed by atoms with Crippen LogP contribution >= 0.6 is 0 Å². The summed E-state index contributed by atoms with van der Waals surface area (Å²) in [5.74, 6) is 0.571. The average molecular weight is 355 g/mol. The lowest BCUT2D eigenvalue weighted by Gasteiger charge is -2.17. The second-order valence-electron chi connectivity index (χ2n) is 6.34. The van der Waals surface area contributed by atoms with Gasteiger partial charge in [-0.15, -0.1) is 0 Å². The van der Waals surface area contributed by atoms with Crippen LogP contribution in [0.2, 0.25) is 0 Å². The molecule has 0 saturated carbocycles. The van der Waals surface area contributed by atoms with Gasteiger partial charge in [0.25, 0.3) is 5.56 Å². The van der Waals surface area contributed by atoms with E-state index in [0.717, 1.165) is 11.4 Å². The maximum Gasteiger partial charge on any atom is 0.274 e. The number of carbonyl (C=O) groups excluding carboxylic acids is 1. The molecule has 1 aromatic carbocycles. The van der Waals surface area contributed by atoms with Gasteiger partial charge in [0.15, 0.2) is 5.78 Å². The molecule has 2 aromatic heterocycles. The molecule has 0 unspecified atom stereocenters. The summed E-state index contributed by atoms with van der Waals surface area (Å²) in [5.41, 5.74) is 2.53. The summed E-state index contributed by atoms with van der Waals surface area (Å²) < 4.78 is 8.77. The van der Waals surface area contributed by atoms with Crippen molar-refractivity contribution in [3.8, 4) is 5.75 Å². The second-order valence-corrected chi connectivity index (χ2v) is 6.34. The van der Waals surface area contributed by atoms with Gasteiger partial charge in [-0.2, -0.15) is 9.61 Å². The van der Waals surface area contributed by atoms with Gasteiger partial charge in [-0.05, 0) is 45.0 Å². The van der Waals surface area contributed by atoms with Crippen LogP contribution in [-0.2, 0) is 6.54 Å². The molecule has 3 rings (SSSR count). The number of hydrogen-bond donors (Lipinski definition) is 1. The summed E-state index contributed by atoms with van der Waals surface area (Å²) in [6, 6.07) is 10.1. The Morgan fingerprint density at radius 2 is 1.92 bits per heavy atom. The summed E-state index contributed by atoms with van der Waals surface area (Å²) >= 11 is 0. The number of aromatic nitrogens is 3. The van der Waals surface area contributed by atoms with Crippen molar-refractivity contribution in [1.29, 1.82) is 0 Å². The Hall–Kier alpha value is -2.93. The van der Waals surface area contributed by atoms with Crippen LogP contribution in [0.5, 0.6) is 5.75 Å². The van der Waals surface area contributed by atoms with Gasteiger partial charge in [0.05, 0.1) is 12.2 Å². The van der Waals surface area contributed by atoms with E-state index in [-0.39, 0.29) is 24.5 Å². The van der Waals surface area contributed by atoms with E-state index in [1.54, 1.807) is 24.3 Å². The van der Waals surface area contributed by atoms with Crippen LogP contribution in [0.1, 0.15) is 28.7 Å². The van der Waals surface area contributed by atoms with Crippen molar-refractivity contribution in [1.82, 2.24) is 14.2 Å². The maximum atomic E-state index is 12.0. The predicted octanol–water partition coefficient (Wildman–Crippen LogP) is 1.76. The van der Waals surface area contributed by atoms with E-state index in [9.17, 15) is 14.7 Å². The molecule has 0 spiro atoms. The van der Waals surface area contributed by atoms with Gasteiger partial charge in [0.1, 0.15) is 24.1 Å². The van der Waals surface area contributed by atoms with Crippen LogP contribution in [0.3, 0.4) is 0 Å². The summed E-state index contributed by atoms with van der Waals surface area (Å²) in [7, 11) is 0. The monoisotopic (exact) mass is 355 g/mol. The number of ether oxygens (including phenoxy) is 1. The SMILES string of the molecule is CC(=O)c1ccc(OC[C@H](O)Cn2c(C)cc(=O)n3nc(C)cc23)cc1. The quantitative estimate of drug-likeness (QED) is 0.681. The molecule has 7 nitrogen and oxygen atoms in total. The molecule has 0 aliphatic rings. The highest BCUT2D eigenvalue weighted by molar-refractivity contribution is 5.94. The van der Waals surface area contributed by atoms with Crippen LogP contribution in [0.4, 0.5) is 0 Å². The normalized spacial score (nSPS) is 12.3. The van der Waals surface area contributed by atoms with Crippen LogP contribution in [-0.4, -0.2) is 37.8 Å². The molecule has 1 N–H and O–H groups in total.